The molecular weight excluding hydrogens is 154 g/mol. The molecule has 4 nitrogen and oxygen atoms in total. The zero-order valence-electron chi connectivity index (χ0n) is 8.11. The Bertz CT molecular complexity index is 127. The summed E-state index contributed by atoms with van der Waals surface area (Å²) in [5.74, 6) is 0.0513. The monoisotopic (exact) mass is 173 g/mol. The van der Waals surface area contributed by atoms with Gasteiger partial charge in [0.05, 0.1) is 6.04 Å². The lowest BCUT2D eigenvalue weighted by molar-refractivity contribution is -0.122. The maximum absolute atomic E-state index is 11.1. The molecule has 4 heteroatoms. The Morgan fingerprint density at radius 1 is 1.42 bits per heavy atom. The Morgan fingerprint density at radius 2 is 2.08 bits per heavy atom. The summed E-state index contributed by atoms with van der Waals surface area (Å²) in [6.45, 7) is 3.87. The lowest BCUT2D eigenvalue weighted by atomic mass is 10.2. The molecule has 1 amide bonds. The average molecular weight is 173 g/mol. The van der Waals surface area contributed by atoms with Gasteiger partial charge in [0.2, 0.25) is 5.91 Å². The van der Waals surface area contributed by atoms with E-state index in [0.29, 0.717) is 0 Å². The highest BCUT2D eigenvalue weighted by molar-refractivity contribution is 5.81. The third-order valence-corrected chi connectivity index (χ3v) is 1.77. The molecule has 0 aromatic heterocycles. The lowest BCUT2D eigenvalue weighted by Crippen LogP contribution is -2.42. The maximum atomic E-state index is 11.1. The van der Waals surface area contributed by atoms with E-state index in [-0.39, 0.29) is 11.9 Å². The average Bonchev–Trinajstić information content (AvgIpc) is 2.11. The Kier molecular flexibility index (Phi) is 6.70. The van der Waals surface area contributed by atoms with Crippen LogP contribution in [0.5, 0.6) is 0 Å². The summed E-state index contributed by atoms with van der Waals surface area (Å²) in [6.07, 6.45) is 0.823. The molecule has 12 heavy (non-hydrogen) atoms. The molecule has 0 aliphatic heterocycles. The van der Waals surface area contributed by atoms with Gasteiger partial charge in [-0.25, -0.2) is 0 Å². The predicted octanol–water partition coefficient (Wildman–Crippen LogP) is -0.680. The van der Waals surface area contributed by atoms with Gasteiger partial charge in [-0.2, -0.15) is 0 Å². The van der Waals surface area contributed by atoms with Crippen LogP contribution in [0.15, 0.2) is 0 Å². The molecule has 0 aliphatic rings. The summed E-state index contributed by atoms with van der Waals surface area (Å²) in [4.78, 5) is 11.1. The topological polar surface area (TPSA) is 53.2 Å². The minimum absolute atomic E-state index is 0.0513. The molecule has 3 N–H and O–H groups in total. The van der Waals surface area contributed by atoms with Crippen molar-refractivity contribution in [2.75, 3.05) is 27.2 Å². The van der Waals surface area contributed by atoms with Crippen LogP contribution in [-0.2, 0) is 4.79 Å². The van der Waals surface area contributed by atoms with Gasteiger partial charge in [0, 0.05) is 7.05 Å². The molecule has 0 saturated heterocycles. The van der Waals surface area contributed by atoms with Gasteiger partial charge < -0.3 is 16.0 Å². The lowest BCUT2D eigenvalue weighted by Gasteiger charge is -2.13. The normalized spacial score (nSPS) is 12.6. The zero-order chi connectivity index (χ0) is 9.40. The number of carbonyl (C=O) groups excluding carboxylic acids is 1. The van der Waals surface area contributed by atoms with Crippen molar-refractivity contribution in [1.82, 2.24) is 16.0 Å². The first kappa shape index (κ1) is 11.4. The van der Waals surface area contributed by atoms with Gasteiger partial charge in [-0.05, 0) is 26.6 Å². The van der Waals surface area contributed by atoms with Crippen LogP contribution < -0.4 is 16.0 Å². The van der Waals surface area contributed by atoms with Crippen molar-refractivity contribution in [3.8, 4) is 0 Å². The molecule has 0 bridgehead atoms. The number of hydrogen-bond acceptors (Lipinski definition) is 3. The van der Waals surface area contributed by atoms with Gasteiger partial charge in [0.15, 0.2) is 0 Å². The fraction of sp³-hybridized carbons (Fsp3) is 0.875. The molecule has 0 heterocycles. The first-order valence-corrected chi connectivity index (χ1v) is 4.35. The quantitative estimate of drug-likeness (QED) is 0.466. The molecule has 0 radical (unpaired) electrons. The summed E-state index contributed by atoms with van der Waals surface area (Å²) in [6, 6.07) is -0.0750. The second kappa shape index (κ2) is 7.06. The standard InChI is InChI=1S/C8H19N3O/c1-4-11-6-5-7(9-2)8(12)10-3/h7,9,11H,4-6H2,1-3H3,(H,10,12). The largest absolute Gasteiger partial charge is 0.358 e. The van der Waals surface area contributed by atoms with Crippen LogP contribution in [0.4, 0.5) is 0 Å². The Morgan fingerprint density at radius 3 is 2.50 bits per heavy atom. The second-order valence-corrected chi connectivity index (χ2v) is 2.60. The number of rotatable bonds is 6. The van der Waals surface area contributed by atoms with Gasteiger partial charge >= 0.3 is 0 Å². The minimum atomic E-state index is -0.0750. The molecule has 0 aliphatic carbocycles. The summed E-state index contributed by atoms with van der Waals surface area (Å²) in [5, 5.41) is 8.75. The summed E-state index contributed by atoms with van der Waals surface area (Å²) < 4.78 is 0. The van der Waals surface area contributed by atoms with Crippen molar-refractivity contribution < 1.29 is 4.79 Å². The van der Waals surface area contributed by atoms with Gasteiger partial charge in [0.25, 0.3) is 0 Å². The van der Waals surface area contributed by atoms with E-state index in [1.807, 2.05) is 6.92 Å². The molecule has 0 aromatic carbocycles. The van der Waals surface area contributed by atoms with Crippen molar-refractivity contribution in [3.63, 3.8) is 0 Å². The molecule has 1 unspecified atom stereocenters. The van der Waals surface area contributed by atoms with Gasteiger partial charge in [-0.1, -0.05) is 6.92 Å². The van der Waals surface area contributed by atoms with E-state index >= 15 is 0 Å². The van der Waals surface area contributed by atoms with Crippen LogP contribution in [0.2, 0.25) is 0 Å². The van der Waals surface area contributed by atoms with E-state index in [1.165, 1.54) is 0 Å². The van der Waals surface area contributed by atoms with Crippen LogP contribution in [0.25, 0.3) is 0 Å². The summed E-state index contributed by atoms with van der Waals surface area (Å²) in [5.41, 5.74) is 0. The van der Waals surface area contributed by atoms with Crippen LogP contribution in [0, 0.1) is 0 Å². The summed E-state index contributed by atoms with van der Waals surface area (Å²) in [7, 11) is 3.45. The van der Waals surface area contributed by atoms with Crippen LogP contribution in [-0.4, -0.2) is 39.1 Å². The van der Waals surface area contributed by atoms with Gasteiger partial charge in [0.1, 0.15) is 0 Å². The van der Waals surface area contributed by atoms with Crippen molar-refractivity contribution in [1.29, 1.82) is 0 Å². The molecule has 0 rings (SSSR count). The highest BCUT2D eigenvalue weighted by atomic mass is 16.2. The predicted molar refractivity (Wildman–Crippen MR) is 50.1 cm³/mol. The highest BCUT2D eigenvalue weighted by Crippen LogP contribution is 1.88. The van der Waals surface area contributed by atoms with Crippen molar-refractivity contribution in [3.05, 3.63) is 0 Å². The van der Waals surface area contributed by atoms with Crippen LogP contribution in [0.3, 0.4) is 0 Å². The number of likely N-dealkylation sites (N-methyl/N-ethyl adjacent to an activating group) is 2. The fourth-order valence-electron chi connectivity index (χ4n) is 1.00. The summed E-state index contributed by atoms with van der Waals surface area (Å²) >= 11 is 0. The molecule has 0 spiro atoms. The van der Waals surface area contributed by atoms with Crippen molar-refractivity contribution in [2.24, 2.45) is 0 Å². The second-order valence-electron chi connectivity index (χ2n) is 2.60. The van der Waals surface area contributed by atoms with Gasteiger partial charge in [-0.15, -0.1) is 0 Å². The smallest absolute Gasteiger partial charge is 0.236 e. The maximum Gasteiger partial charge on any atom is 0.236 e. The van der Waals surface area contributed by atoms with Crippen molar-refractivity contribution >= 4 is 5.91 Å². The molecule has 0 saturated carbocycles. The van der Waals surface area contributed by atoms with Crippen LogP contribution in [0.1, 0.15) is 13.3 Å². The number of carbonyl (C=O) groups is 1. The number of hydrogen-bond donors (Lipinski definition) is 3. The van der Waals surface area contributed by atoms with Gasteiger partial charge in [-0.3, -0.25) is 4.79 Å². The van der Waals surface area contributed by atoms with E-state index in [9.17, 15) is 4.79 Å². The molecule has 0 fully saturated rings. The Hall–Kier alpha value is -0.610. The van der Waals surface area contributed by atoms with E-state index in [1.54, 1.807) is 14.1 Å². The van der Waals surface area contributed by atoms with E-state index in [4.69, 9.17) is 0 Å². The fourth-order valence-corrected chi connectivity index (χ4v) is 1.00. The Labute approximate surface area is 74.1 Å². The van der Waals surface area contributed by atoms with Crippen LogP contribution >= 0.6 is 0 Å². The number of amides is 1. The SMILES string of the molecule is CCNCCC(NC)C(=O)NC. The minimum Gasteiger partial charge on any atom is -0.358 e. The first-order valence-electron chi connectivity index (χ1n) is 4.35. The molecule has 0 aromatic rings. The van der Waals surface area contributed by atoms with E-state index in [0.717, 1.165) is 19.5 Å². The Balaban J connectivity index is 3.60. The third kappa shape index (κ3) is 4.31. The first-order chi connectivity index (χ1) is 5.76. The highest BCUT2D eigenvalue weighted by Gasteiger charge is 2.12. The molecule has 72 valence electrons. The zero-order valence-corrected chi connectivity index (χ0v) is 8.11. The molecule has 1 atom stereocenters. The van der Waals surface area contributed by atoms with Crippen molar-refractivity contribution in [2.45, 2.75) is 19.4 Å². The van der Waals surface area contributed by atoms with E-state index in [2.05, 4.69) is 16.0 Å². The third-order valence-electron chi connectivity index (χ3n) is 1.77. The van der Waals surface area contributed by atoms with E-state index < -0.39 is 0 Å². The number of nitrogens with one attached hydrogen (secondary N) is 3. The molecular formula is C8H19N3O.